The van der Waals surface area contributed by atoms with Crippen LogP contribution < -0.4 is 16.6 Å². The van der Waals surface area contributed by atoms with Crippen molar-refractivity contribution in [2.45, 2.75) is 25.7 Å². The molecule has 0 unspecified atom stereocenters. The number of rotatable bonds is 6. The Labute approximate surface area is 129 Å². The van der Waals surface area contributed by atoms with Gasteiger partial charge in [0.1, 0.15) is 17.8 Å². The summed E-state index contributed by atoms with van der Waals surface area (Å²) in [4.78, 5) is 34.9. The summed E-state index contributed by atoms with van der Waals surface area (Å²) in [5, 5.41) is 2.38. The maximum atomic E-state index is 13.0. The van der Waals surface area contributed by atoms with Gasteiger partial charge in [-0.15, -0.1) is 0 Å². The van der Waals surface area contributed by atoms with Gasteiger partial charge in [0.05, 0.1) is 6.61 Å². The summed E-state index contributed by atoms with van der Waals surface area (Å²) >= 11 is 0. The van der Waals surface area contributed by atoms with E-state index in [1.54, 1.807) is 6.92 Å². The van der Waals surface area contributed by atoms with Crippen LogP contribution in [0.5, 0.6) is 0 Å². The van der Waals surface area contributed by atoms with Crippen molar-refractivity contribution in [3.05, 3.63) is 33.7 Å². The molecule has 23 heavy (non-hydrogen) atoms. The Kier molecular flexibility index (Phi) is 5.91. The van der Waals surface area contributed by atoms with Gasteiger partial charge in [0.2, 0.25) is 5.91 Å². The summed E-state index contributed by atoms with van der Waals surface area (Å²) in [6, 6.07) is 0.764. The molecule has 1 aromatic heterocycles. The topological polar surface area (TPSA) is 103 Å². The lowest BCUT2D eigenvalue weighted by molar-refractivity contribution is -0.144. The van der Waals surface area contributed by atoms with E-state index in [0.29, 0.717) is 12.1 Å². The zero-order valence-corrected chi connectivity index (χ0v) is 12.4. The zero-order valence-electron chi connectivity index (χ0n) is 12.4. The number of carbonyl (C=O) groups is 2. The van der Waals surface area contributed by atoms with Crippen LogP contribution in [0.3, 0.4) is 0 Å². The zero-order chi connectivity index (χ0) is 17.8. The molecule has 10 heteroatoms. The summed E-state index contributed by atoms with van der Waals surface area (Å²) in [6.45, 7) is 0.825. The normalized spacial score (nSPS) is 12.7. The lowest BCUT2D eigenvalue weighted by Crippen LogP contribution is -2.42. The fourth-order valence-electron chi connectivity index (χ4n) is 1.93. The molecule has 0 aliphatic rings. The minimum Gasteiger partial charge on any atom is -0.383 e. The first-order chi connectivity index (χ1) is 10.6. The van der Waals surface area contributed by atoms with Crippen molar-refractivity contribution < 1.29 is 27.5 Å². The average molecular weight is 335 g/mol. The number of nitrogens with two attached hydrogens (primary N) is 1. The van der Waals surface area contributed by atoms with E-state index in [0.717, 1.165) is 0 Å². The quantitative estimate of drug-likeness (QED) is 0.770. The fourth-order valence-corrected chi connectivity index (χ4v) is 1.93. The minimum absolute atomic E-state index is 0.147. The van der Waals surface area contributed by atoms with Crippen molar-refractivity contribution in [3.63, 3.8) is 0 Å². The van der Waals surface area contributed by atoms with Crippen molar-refractivity contribution in [2.75, 3.05) is 13.7 Å². The molecule has 0 bridgehead atoms. The van der Waals surface area contributed by atoms with E-state index in [1.165, 1.54) is 7.11 Å². The van der Waals surface area contributed by atoms with Crippen molar-refractivity contribution in [1.82, 2.24) is 9.88 Å². The Hall–Kier alpha value is -2.36. The van der Waals surface area contributed by atoms with E-state index < -0.39 is 47.4 Å². The second-order valence-electron chi connectivity index (χ2n) is 4.81. The Bertz CT molecular complexity index is 655. The standard InChI is InChI=1S/C13H16F3N3O4/c1-7(6-23-2)18-10(20)5-19-9(13(14,15)16)4-3-8(11(17)21)12(19)22/h3-4,7H,5-6H2,1-2H3,(H2,17,21)(H,18,20)/t7-/m1/s1. The van der Waals surface area contributed by atoms with E-state index in [4.69, 9.17) is 10.5 Å². The summed E-state index contributed by atoms with van der Waals surface area (Å²) in [5.41, 5.74) is 1.69. The minimum atomic E-state index is -4.87. The number of halogens is 3. The van der Waals surface area contributed by atoms with Gasteiger partial charge in [0.25, 0.3) is 11.5 Å². The molecule has 0 aliphatic carbocycles. The number of aromatic nitrogens is 1. The molecule has 0 aliphatic heterocycles. The molecule has 0 fully saturated rings. The number of pyridine rings is 1. The van der Waals surface area contributed by atoms with Crippen LogP contribution in [-0.4, -0.2) is 36.1 Å². The first-order valence-corrected chi connectivity index (χ1v) is 6.47. The Balaban J connectivity index is 3.21. The molecule has 7 nitrogen and oxygen atoms in total. The summed E-state index contributed by atoms with van der Waals surface area (Å²) < 4.78 is 43.9. The number of primary amides is 1. The van der Waals surface area contributed by atoms with Crippen LogP contribution in [-0.2, 0) is 22.3 Å². The van der Waals surface area contributed by atoms with E-state index in [-0.39, 0.29) is 11.2 Å². The van der Waals surface area contributed by atoms with Crippen LogP contribution in [0.1, 0.15) is 23.0 Å². The van der Waals surface area contributed by atoms with Crippen molar-refractivity contribution in [3.8, 4) is 0 Å². The Morgan fingerprint density at radius 3 is 2.48 bits per heavy atom. The monoisotopic (exact) mass is 335 g/mol. The predicted molar refractivity (Wildman–Crippen MR) is 73.7 cm³/mol. The largest absolute Gasteiger partial charge is 0.431 e. The van der Waals surface area contributed by atoms with Gasteiger partial charge >= 0.3 is 6.18 Å². The van der Waals surface area contributed by atoms with Gasteiger partial charge in [0.15, 0.2) is 0 Å². The molecule has 3 N–H and O–H groups in total. The average Bonchev–Trinajstić information content (AvgIpc) is 2.39. The molecule has 1 rings (SSSR count). The summed E-state index contributed by atoms with van der Waals surface area (Å²) in [7, 11) is 1.39. The molecule has 0 aromatic carbocycles. The van der Waals surface area contributed by atoms with Crippen molar-refractivity contribution in [1.29, 1.82) is 0 Å². The van der Waals surface area contributed by atoms with Crippen LogP contribution in [0.15, 0.2) is 16.9 Å². The fraction of sp³-hybridized carbons (Fsp3) is 0.462. The molecule has 0 radical (unpaired) electrons. The number of amides is 2. The molecule has 1 heterocycles. The van der Waals surface area contributed by atoms with E-state index >= 15 is 0 Å². The van der Waals surface area contributed by atoms with Gasteiger partial charge in [-0.3, -0.25) is 19.0 Å². The number of alkyl halides is 3. The summed E-state index contributed by atoms with van der Waals surface area (Å²) in [6.07, 6.45) is -4.87. The number of nitrogens with one attached hydrogen (secondary N) is 1. The predicted octanol–water partition coefficient (Wildman–Crippen LogP) is 0.117. The smallest absolute Gasteiger partial charge is 0.383 e. The highest BCUT2D eigenvalue weighted by molar-refractivity contribution is 5.92. The van der Waals surface area contributed by atoms with Gasteiger partial charge in [-0.1, -0.05) is 0 Å². The van der Waals surface area contributed by atoms with Crippen molar-refractivity contribution >= 4 is 11.8 Å². The number of methoxy groups -OCH3 is 1. The maximum absolute atomic E-state index is 13.0. The molecule has 1 atom stereocenters. The van der Waals surface area contributed by atoms with Crippen molar-refractivity contribution in [2.24, 2.45) is 5.73 Å². The molecule has 2 amide bonds. The Morgan fingerprint density at radius 1 is 1.39 bits per heavy atom. The Morgan fingerprint density at radius 2 is 2.00 bits per heavy atom. The van der Waals surface area contributed by atoms with Gasteiger partial charge in [-0.2, -0.15) is 13.2 Å². The maximum Gasteiger partial charge on any atom is 0.431 e. The number of carbonyl (C=O) groups excluding carboxylic acids is 2. The molecular weight excluding hydrogens is 319 g/mol. The van der Waals surface area contributed by atoms with E-state index in [1.807, 2.05) is 0 Å². The molecule has 1 aromatic rings. The second kappa shape index (κ2) is 7.27. The van der Waals surface area contributed by atoms with Crippen LogP contribution in [0.25, 0.3) is 0 Å². The van der Waals surface area contributed by atoms with Crippen LogP contribution in [0.4, 0.5) is 13.2 Å². The highest BCUT2D eigenvalue weighted by Crippen LogP contribution is 2.28. The van der Waals surface area contributed by atoms with Gasteiger partial charge in [-0.05, 0) is 19.1 Å². The molecular formula is C13H16F3N3O4. The van der Waals surface area contributed by atoms with E-state index in [9.17, 15) is 27.6 Å². The molecule has 0 saturated carbocycles. The first kappa shape index (κ1) is 18.7. The van der Waals surface area contributed by atoms with Gasteiger partial charge in [-0.25, -0.2) is 0 Å². The third-order valence-corrected chi connectivity index (χ3v) is 2.86. The van der Waals surface area contributed by atoms with Crippen LogP contribution >= 0.6 is 0 Å². The van der Waals surface area contributed by atoms with Gasteiger partial charge in [0, 0.05) is 13.2 Å². The van der Waals surface area contributed by atoms with Crippen LogP contribution in [0, 0.1) is 0 Å². The molecule has 128 valence electrons. The highest BCUT2D eigenvalue weighted by atomic mass is 19.4. The second-order valence-corrected chi connectivity index (χ2v) is 4.81. The number of nitrogens with zero attached hydrogens (tertiary/aromatic N) is 1. The number of hydrogen-bond acceptors (Lipinski definition) is 4. The SMILES string of the molecule is COC[C@@H](C)NC(=O)Cn1c(C(F)(F)F)ccc(C(N)=O)c1=O. The summed E-state index contributed by atoms with van der Waals surface area (Å²) in [5.74, 6) is -2.01. The molecule has 0 spiro atoms. The van der Waals surface area contributed by atoms with E-state index in [2.05, 4.69) is 5.32 Å². The number of hydrogen-bond donors (Lipinski definition) is 2. The van der Waals surface area contributed by atoms with Gasteiger partial charge < -0.3 is 15.8 Å². The molecule has 0 saturated heterocycles. The third kappa shape index (κ3) is 4.81. The van der Waals surface area contributed by atoms with Crippen LogP contribution in [0.2, 0.25) is 0 Å². The first-order valence-electron chi connectivity index (χ1n) is 6.47. The number of ether oxygens (including phenoxy) is 1. The lowest BCUT2D eigenvalue weighted by Gasteiger charge is -2.17. The lowest BCUT2D eigenvalue weighted by atomic mass is 10.2. The highest BCUT2D eigenvalue weighted by Gasteiger charge is 2.35. The third-order valence-electron chi connectivity index (χ3n) is 2.86.